The van der Waals surface area contributed by atoms with Gasteiger partial charge in [0.15, 0.2) is 0 Å². The molecule has 0 aliphatic carbocycles. The molecule has 2 aromatic rings. The molecule has 0 heterocycles. The van der Waals surface area contributed by atoms with E-state index in [2.05, 4.69) is 10.0 Å². The lowest BCUT2D eigenvalue weighted by Gasteiger charge is -2.26. The average Bonchev–Trinajstić information content (AvgIpc) is 2.58. The van der Waals surface area contributed by atoms with E-state index in [-0.39, 0.29) is 18.4 Å². The highest BCUT2D eigenvalue weighted by Gasteiger charge is 2.19. The van der Waals surface area contributed by atoms with Gasteiger partial charge in [-0.2, -0.15) is 0 Å². The van der Waals surface area contributed by atoms with Gasteiger partial charge in [0.1, 0.15) is 5.82 Å². The molecule has 2 rings (SSSR count). The van der Waals surface area contributed by atoms with Gasteiger partial charge in [0.2, 0.25) is 10.0 Å². The summed E-state index contributed by atoms with van der Waals surface area (Å²) in [6.45, 7) is 2.02. The van der Waals surface area contributed by atoms with E-state index in [0.29, 0.717) is 11.3 Å². The zero-order chi connectivity index (χ0) is 19.3. The molecule has 8 heteroatoms. The number of hydrogen-bond donors (Lipinski definition) is 2. The molecule has 26 heavy (non-hydrogen) atoms. The van der Waals surface area contributed by atoms with Gasteiger partial charge in [-0.15, -0.1) is 0 Å². The minimum Gasteiger partial charge on any atom is -0.334 e. The number of hydrogen-bond acceptors (Lipinski definition) is 3. The Hall–Kier alpha value is -2.61. The summed E-state index contributed by atoms with van der Waals surface area (Å²) in [4.78, 5) is 13.7. The van der Waals surface area contributed by atoms with Crippen molar-refractivity contribution in [1.29, 1.82) is 0 Å². The van der Waals surface area contributed by atoms with Crippen LogP contribution < -0.4 is 10.0 Å². The van der Waals surface area contributed by atoms with Crippen LogP contribution >= 0.6 is 0 Å². The Morgan fingerprint density at radius 1 is 1.15 bits per heavy atom. The molecule has 2 N–H and O–H groups in total. The van der Waals surface area contributed by atoms with Crippen molar-refractivity contribution in [3.8, 4) is 0 Å². The Kier molecular flexibility index (Phi) is 6.20. The lowest BCUT2D eigenvalue weighted by atomic mass is 10.1. The third-order valence-corrected chi connectivity index (χ3v) is 4.56. The van der Waals surface area contributed by atoms with E-state index in [1.54, 1.807) is 56.4 Å². The van der Waals surface area contributed by atoms with Crippen molar-refractivity contribution >= 4 is 21.7 Å². The number of benzene rings is 2. The number of nitrogens with one attached hydrogen (secondary N) is 2. The largest absolute Gasteiger partial charge is 0.334 e. The molecular formula is C18H22FN3O3S. The lowest BCUT2D eigenvalue weighted by molar-refractivity contribution is 0.193. The normalized spacial score (nSPS) is 12.3. The van der Waals surface area contributed by atoms with Crippen LogP contribution in [0.5, 0.6) is 0 Å². The fourth-order valence-electron chi connectivity index (χ4n) is 2.41. The Labute approximate surface area is 153 Å². The number of urea groups is 1. The molecule has 0 spiro atoms. The van der Waals surface area contributed by atoms with Crippen molar-refractivity contribution in [2.75, 3.05) is 18.0 Å². The monoisotopic (exact) mass is 379 g/mol. The first-order valence-corrected chi connectivity index (χ1v) is 9.88. The van der Waals surface area contributed by atoms with Crippen molar-refractivity contribution in [1.82, 2.24) is 10.2 Å². The lowest BCUT2D eigenvalue weighted by Crippen LogP contribution is -2.38. The van der Waals surface area contributed by atoms with Crippen molar-refractivity contribution in [2.24, 2.45) is 0 Å². The standard InChI is InChI=1S/C18H22FN3O3S/c1-13(16-6-4-5-7-17(16)19)22(2)18(23)20-12-14-8-10-15(11-9-14)21-26(3,24)25/h4-11,13,21H,12H2,1-3H3,(H,20,23). The number of sulfonamides is 1. The van der Waals surface area contributed by atoms with Gasteiger partial charge in [-0.1, -0.05) is 30.3 Å². The zero-order valence-corrected chi connectivity index (χ0v) is 15.7. The second-order valence-electron chi connectivity index (χ2n) is 6.04. The Bertz CT molecular complexity index is 870. The maximum Gasteiger partial charge on any atom is 0.317 e. The van der Waals surface area contributed by atoms with Crippen LogP contribution in [0.2, 0.25) is 0 Å². The van der Waals surface area contributed by atoms with Crippen molar-refractivity contribution in [2.45, 2.75) is 19.5 Å². The molecule has 140 valence electrons. The van der Waals surface area contributed by atoms with E-state index >= 15 is 0 Å². The van der Waals surface area contributed by atoms with Crippen LogP contribution in [0.1, 0.15) is 24.1 Å². The Morgan fingerprint density at radius 3 is 2.35 bits per heavy atom. The molecule has 0 saturated heterocycles. The summed E-state index contributed by atoms with van der Waals surface area (Å²) >= 11 is 0. The number of rotatable bonds is 6. The fourth-order valence-corrected chi connectivity index (χ4v) is 2.97. The molecule has 1 unspecified atom stereocenters. The number of halogens is 1. The smallest absolute Gasteiger partial charge is 0.317 e. The van der Waals surface area contributed by atoms with Crippen LogP contribution in [-0.2, 0) is 16.6 Å². The van der Waals surface area contributed by atoms with E-state index in [1.807, 2.05) is 0 Å². The van der Waals surface area contributed by atoms with Crippen LogP contribution in [0.4, 0.5) is 14.9 Å². The predicted octanol–water partition coefficient (Wildman–Crippen LogP) is 3.10. The third-order valence-electron chi connectivity index (χ3n) is 3.96. The minimum absolute atomic E-state index is 0.270. The van der Waals surface area contributed by atoms with Gasteiger partial charge in [-0.05, 0) is 30.7 Å². The minimum atomic E-state index is -3.32. The van der Waals surface area contributed by atoms with E-state index < -0.39 is 16.1 Å². The highest BCUT2D eigenvalue weighted by atomic mass is 32.2. The molecule has 1 atom stereocenters. The molecule has 2 amide bonds. The summed E-state index contributed by atoms with van der Waals surface area (Å²) in [5, 5.41) is 2.76. The number of carbonyl (C=O) groups is 1. The molecule has 0 aliphatic rings. The van der Waals surface area contributed by atoms with E-state index in [0.717, 1.165) is 11.8 Å². The van der Waals surface area contributed by atoms with E-state index in [4.69, 9.17) is 0 Å². The first kappa shape index (κ1) is 19.7. The first-order valence-electron chi connectivity index (χ1n) is 7.99. The summed E-state index contributed by atoms with van der Waals surface area (Å²) in [5.41, 5.74) is 1.71. The van der Waals surface area contributed by atoms with Gasteiger partial charge in [-0.3, -0.25) is 4.72 Å². The summed E-state index contributed by atoms with van der Waals surface area (Å²) in [6.07, 6.45) is 1.08. The maximum absolute atomic E-state index is 13.9. The van der Waals surface area contributed by atoms with Crippen molar-refractivity contribution in [3.05, 3.63) is 65.5 Å². The van der Waals surface area contributed by atoms with Crippen molar-refractivity contribution < 1.29 is 17.6 Å². The van der Waals surface area contributed by atoms with Crippen LogP contribution in [0.15, 0.2) is 48.5 Å². The van der Waals surface area contributed by atoms with Gasteiger partial charge in [0.05, 0.1) is 12.3 Å². The SMILES string of the molecule is CC(c1ccccc1F)N(C)C(=O)NCc1ccc(NS(C)(=O)=O)cc1. The molecule has 0 aliphatic heterocycles. The van der Waals surface area contributed by atoms with Gasteiger partial charge >= 0.3 is 6.03 Å². The van der Waals surface area contributed by atoms with Gasteiger partial charge < -0.3 is 10.2 Å². The molecule has 0 fully saturated rings. The molecule has 6 nitrogen and oxygen atoms in total. The third kappa shape index (κ3) is 5.45. The summed E-state index contributed by atoms with van der Waals surface area (Å²) in [7, 11) is -1.72. The molecule has 0 saturated carbocycles. The predicted molar refractivity (Wildman–Crippen MR) is 99.7 cm³/mol. The topological polar surface area (TPSA) is 78.5 Å². The second kappa shape index (κ2) is 8.18. The van der Waals surface area contributed by atoms with Crippen LogP contribution in [-0.4, -0.2) is 32.7 Å². The van der Waals surface area contributed by atoms with E-state index in [1.165, 1.54) is 11.0 Å². The number of anilines is 1. The summed E-state index contributed by atoms with van der Waals surface area (Å²) in [5.74, 6) is -0.353. The quantitative estimate of drug-likeness (QED) is 0.810. The van der Waals surface area contributed by atoms with E-state index in [9.17, 15) is 17.6 Å². The number of carbonyl (C=O) groups excluding carboxylic acids is 1. The number of amides is 2. The zero-order valence-electron chi connectivity index (χ0n) is 14.9. The fraction of sp³-hybridized carbons (Fsp3) is 0.278. The highest BCUT2D eigenvalue weighted by Crippen LogP contribution is 2.21. The molecule has 0 aromatic heterocycles. The number of nitrogens with zero attached hydrogens (tertiary/aromatic N) is 1. The average molecular weight is 379 g/mol. The van der Waals surface area contributed by atoms with Crippen molar-refractivity contribution in [3.63, 3.8) is 0 Å². The summed E-state index contributed by atoms with van der Waals surface area (Å²) < 4.78 is 38.6. The highest BCUT2D eigenvalue weighted by molar-refractivity contribution is 7.92. The van der Waals surface area contributed by atoms with Gasteiger partial charge in [0, 0.05) is 24.8 Å². The first-order chi connectivity index (χ1) is 12.2. The second-order valence-corrected chi connectivity index (χ2v) is 7.79. The molecule has 0 bridgehead atoms. The van der Waals surface area contributed by atoms with Crippen LogP contribution in [0, 0.1) is 5.82 Å². The molecule has 2 aromatic carbocycles. The van der Waals surface area contributed by atoms with Crippen LogP contribution in [0.25, 0.3) is 0 Å². The molecular weight excluding hydrogens is 357 g/mol. The Morgan fingerprint density at radius 2 is 1.77 bits per heavy atom. The van der Waals surface area contributed by atoms with Gasteiger partial charge in [-0.25, -0.2) is 17.6 Å². The van der Waals surface area contributed by atoms with Gasteiger partial charge in [0.25, 0.3) is 0 Å². The molecule has 0 radical (unpaired) electrons. The maximum atomic E-state index is 13.9. The summed E-state index contributed by atoms with van der Waals surface area (Å²) in [6, 6.07) is 12.3. The van der Waals surface area contributed by atoms with Crippen LogP contribution in [0.3, 0.4) is 0 Å². The Balaban J connectivity index is 1.94.